The van der Waals surface area contributed by atoms with Gasteiger partial charge in [-0.2, -0.15) is 0 Å². The predicted octanol–water partition coefficient (Wildman–Crippen LogP) is 5.07. The van der Waals surface area contributed by atoms with Gasteiger partial charge < -0.3 is 14.7 Å². The molecule has 0 radical (unpaired) electrons. The SMILES string of the molecule is COCCN(CCO)C1CCN(c2nc(-c3ccc4c(c3)C(C)(C)CCC4(C)C)cs2)CC1. The van der Waals surface area contributed by atoms with Gasteiger partial charge in [0.05, 0.1) is 18.9 Å². The van der Waals surface area contributed by atoms with Crippen molar-refractivity contribution in [2.24, 2.45) is 0 Å². The minimum absolute atomic E-state index is 0.203. The molecule has 2 heterocycles. The van der Waals surface area contributed by atoms with Gasteiger partial charge in [0.25, 0.3) is 0 Å². The molecule has 0 amide bonds. The molecular formula is C27H41N3O2S. The molecule has 2 aromatic rings. The van der Waals surface area contributed by atoms with Crippen molar-refractivity contribution in [2.45, 2.75) is 70.3 Å². The van der Waals surface area contributed by atoms with Crippen LogP contribution in [0.15, 0.2) is 23.6 Å². The van der Waals surface area contributed by atoms with Gasteiger partial charge in [-0.15, -0.1) is 11.3 Å². The molecule has 2 aliphatic rings. The third-order valence-electron chi connectivity index (χ3n) is 7.86. The van der Waals surface area contributed by atoms with Crippen molar-refractivity contribution in [1.29, 1.82) is 0 Å². The highest BCUT2D eigenvalue weighted by Crippen LogP contribution is 2.47. The van der Waals surface area contributed by atoms with E-state index in [1.54, 1.807) is 18.4 Å². The Morgan fingerprint density at radius 2 is 1.79 bits per heavy atom. The van der Waals surface area contributed by atoms with E-state index >= 15 is 0 Å². The van der Waals surface area contributed by atoms with Gasteiger partial charge in [0, 0.05) is 50.3 Å². The number of aromatic nitrogens is 1. The molecule has 0 unspecified atom stereocenters. The molecule has 1 aliphatic carbocycles. The maximum Gasteiger partial charge on any atom is 0.185 e. The Balaban J connectivity index is 1.46. The van der Waals surface area contributed by atoms with Crippen molar-refractivity contribution >= 4 is 16.5 Å². The van der Waals surface area contributed by atoms with Crippen molar-refractivity contribution in [2.75, 3.05) is 51.4 Å². The van der Waals surface area contributed by atoms with E-state index in [4.69, 9.17) is 9.72 Å². The van der Waals surface area contributed by atoms with E-state index in [1.165, 1.54) is 29.5 Å². The van der Waals surface area contributed by atoms with Gasteiger partial charge in [-0.3, -0.25) is 4.90 Å². The molecule has 5 nitrogen and oxygen atoms in total. The maximum atomic E-state index is 9.44. The number of rotatable bonds is 8. The first-order chi connectivity index (χ1) is 15.7. The Kier molecular flexibility index (Phi) is 7.49. The maximum absolute atomic E-state index is 9.44. The van der Waals surface area contributed by atoms with E-state index in [9.17, 15) is 5.11 Å². The van der Waals surface area contributed by atoms with Crippen molar-refractivity contribution in [3.63, 3.8) is 0 Å². The van der Waals surface area contributed by atoms with Crippen molar-refractivity contribution < 1.29 is 9.84 Å². The average Bonchev–Trinajstić information content (AvgIpc) is 3.30. The third-order valence-corrected chi connectivity index (χ3v) is 8.76. The number of nitrogens with zero attached hydrogens (tertiary/aromatic N) is 3. The molecule has 1 aromatic heterocycles. The number of thiazole rings is 1. The summed E-state index contributed by atoms with van der Waals surface area (Å²) in [4.78, 5) is 9.88. The van der Waals surface area contributed by atoms with Gasteiger partial charge >= 0.3 is 0 Å². The Morgan fingerprint density at radius 3 is 2.45 bits per heavy atom. The molecule has 1 saturated heterocycles. The van der Waals surface area contributed by atoms with E-state index in [1.807, 2.05) is 0 Å². The van der Waals surface area contributed by atoms with Crippen molar-refractivity contribution in [3.05, 3.63) is 34.7 Å². The Morgan fingerprint density at radius 1 is 1.09 bits per heavy atom. The van der Waals surface area contributed by atoms with E-state index in [-0.39, 0.29) is 17.4 Å². The van der Waals surface area contributed by atoms with Crippen LogP contribution in [0.1, 0.15) is 64.5 Å². The number of aliphatic hydroxyl groups excluding tert-OH is 1. The molecule has 0 spiro atoms. The number of anilines is 1. The number of fused-ring (bicyclic) bond motifs is 1. The highest BCUT2D eigenvalue weighted by atomic mass is 32.1. The molecule has 6 heteroatoms. The van der Waals surface area contributed by atoms with Gasteiger partial charge in [0.2, 0.25) is 0 Å². The van der Waals surface area contributed by atoms with Crippen molar-refractivity contribution in [3.8, 4) is 11.3 Å². The van der Waals surface area contributed by atoms with Crippen LogP contribution in [0.2, 0.25) is 0 Å². The summed E-state index contributed by atoms with van der Waals surface area (Å²) in [6.45, 7) is 14.1. The summed E-state index contributed by atoms with van der Waals surface area (Å²) in [7, 11) is 1.74. The first-order valence-electron chi connectivity index (χ1n) is 12.4. The van der Waals surface area contributed by atoms with Gasteiger partial charge in [0.1, 0.15) is 0 Å². The average molecular weight is 472 g/mol. The van der Waals surface area contributed by atoms with Crippen LogP contribution in [0.4, 0.5) is 5.13 Å². The fourth-order valence-electron chi connectivity index (χ4n) is 5.53. The minimum atomic E-state index is 0.203. The number of hydrogen-bond donors (Lipinski definition) is 1. The lowest BCUT2D eigenvalue weighted by molar-refractivity contribution is 0.0910. The lowest BCUT2D eigenvalue weighted by atomic mass is 9.63. The largest absolute Gasteiger partial charge is 0.395 e. The smallest absolute Gasteiger partial charge is 0.185 e. The Labute approximate surface area is 203 Å². The third kappa shape index (κ3) is 5.29. The zero-order valence-corrected chi connectivity index (χ0v) is 21.9. The molecule has 1 aromatic carbocycles. The summed E-state index contributed by atoms with van der Waals surface area (Å²) < 4.78 is 5.26. The monoisotopic (exact) mass is 471 g/mol. The molecular weight excluding hydrogens is 430 g/mol. The van der Waals surface area contributed by atoms with E-state index in [0.29, 0.717) is 12.6 Å². The zero-order valence-electron chi connectivity index (χ0n) is 21.1. The number of ether oxygens (including phenoxy) is 1. The minimum Gasteiger partial charge on any atom is -0.395 e. The summed E-state index contributed by atoms with van der Waals surface area (Å²) in [5, 5.41) is 12.8. The summed E-state index contributed by atoms with van der Waals surface area (Å²) in [5.74, 6) is 0. The van der Waals surface area contributed by atoms with E-state index in [2.05, 4.69) is 61.1 Å². The predicted molar refractivity (Wildman–Crippen MR) is 139 cm³/mol. The van der Waals surface area contributed by atoms with E-state index < -0.39 is 0 Å². The quantitative estimate of drug-likeness (QED) is 0.583. The van der Waals surface area contributed by atoms with Crippen LogP contribution in [0.3, 0.4) is 0 Å². The summed E-state index contributed by atoms with van der Waals surface area (Å²) in [6, 6.07) is 7.54. The van der Waals surface area contributed by atoms with Gasteiger partial charge in [-0.25, -0.2) is 4.98 Å². The highest BCUT2D eigenvalue weighted by molar-refractivity contribution is 7.14. The topological polar surface area (TPSA) is 48.8 Å². The summed E-state index contributed by atoms with van der Waals surface area (Å²) >= 11 is 1.76. The second-order valence-electron chi connectivity index (χ2n) is 11.0. The van der Waals surface area contributed by atoms with Crippen LogP contribution in [-0.2, 0) is 15.6 Å². The first-order valence-corrected chi connectivity index (χ1v) is 13.3. The fourth-order valence-corrected chi connectivity index (χ4v) is 6.41. The van der Waals surface area contributed by atoms with E-state index in [0.717, 1.165) is 49.8 Å². The first kappa shape index (κ1) is 24.6. The number of methoxy groups -OCH3 is 1. The normalized spacial score (nSPS) is 20.3. The van der Waals surface area contributed by atoms with Crippen LogP contribution in [0.5, 0.6) is 0 Å². The van der Waals surface area contributed by atoms with Crippen molar-refractivity contribution in [1.82, 2.24) is 9.88 Å². The van der Waals surface area contributed by atoms with Gasteiger partial charge in [-0.05, 0) is 53.7 Å². The van der Waals surface area contributed by atoms with Crippen LogP contribution in [-0.4, -0.2) is 67.5 Å². The fraction of sp³-hybridized carbons (Fsp3) is 0.667. The lowest BCUT2D eigenvalue weighted by Crippen LogP contribution is -2.47. The second kappa shape index (κ2) is 10.0. The summed E-state index contributed by atoms with van der Waals surface area (Å²) in [6.07, 6.45) is 4.66. The molecule has 1 N–H and O–H groups in total. The molecule has 182 valence electrons. The highest BCUT2D eigenvalue weighted by Gasteiger charge is 2.37. The molecule has 33 heavy (non-hydrogen) atoms. The molecule has 0 atom stereocenters. The Bertz CT molecular complexity index is 931. The molecule has 0 saturated carbocycles. The van der Waals surface area contributed by atoms with Gasteiger partial charge in [0.15, 0.2) is 5.13 Å². The summed E-state index contributed by atoms with van der Waals surface area (Å²) in [5.41, 5.74) is 5.79. The number of aliphatic hydroxyl groups is 1. The molecule has 0 bridgehead atoms. The standard InChI is InChI=1S/C27H41N3O2S/c1-26(2)10-11-27(3,4)23-18-20(6-7-22(23)26)24-19-33-25(28-24)30-12-8-21(9-13-30)29(14-16-31)15-17-32-5/h6-7,18-19,21,31H,8-17H2,1-5H3. The number of hydrogen-bond acceptors (Lipinski definition) is 6. The second-order valence-corrected chi connectivity index (χ2v) is 11.9. The number of benzene rings is 1. The van der Waals surface area contributed by atoms with Crippen LogP contribution in [0.25, 0.3) is 11.3 Å². The molecule has 1 fully saturated rings. The number of piperidine rings is 1. The zero-order chi connectivity index (χ0) is 23.6. The van der Waals surface area contributed by atoms with Gasteiger partial charge in [-0.1, -0.05) is 39.8 Å². The lowest BCUT2D eigenvalue weighted by Gasteiger charge is -2.42. The van der Waals surface area contributed by atoms with Crippen LogP contribution >= 0.6 is 11.3 Å². The molecule has 4 rings (SSSR count). The van der Waals surface area contributed by atoms with Crippen LogP contribution in [0, 0.1) is 0 Å². The molecule has 1 aliphatic heterocycles. The van der Waals surface area contributed by atoms with Crippen LogP contribution < -0.4 is 4.90 Å². The Hall–Kier alpha value is -1.47.